The lowest BCUT2D eigenvalue weighted by molar-refractivity contribution is 0.0992. The Labute approximate surface area is 91.2 Å². The van der Waals surface area contributed by atoms with Crippen LogP contribution in [0.5, 0.6) is 0 Å². The minimum absolute atomic E-state index is 0.0990. The number of aromatic nitrogens is 2. The highest BCUT2D eigenvalue weighted by molar-refractivity contribution is 7.13. The van der Waals surface area contributed by atoms with E-state index in [1.165, 1.54) is 16.2 Å². The number of pyridine rings is 1. The first kappa shape index (κ1) is 9.79. The van der Waals surface area contributed by atoms with E-state index in [0.717, 1.165) is 0 Å². The Bertz CT molecular complexity index is 441. The second-order valence-electron chi connectivity index (χ2n) is 2.92. The maximum absolute atomic E-state index is 11.9. The quantitative estimate of drug-likeness (QED) is 0.774. The summed E-state index contributed by atoms with van der Waals surface area (Å²) >= 11 is 1.43. The lowest BCUT2D eigenvalue weighted by Crippen LogP contribution is -2.26. The van der Waals surface area contributed by atoms with Crippen molar-refractivity contribution in [1.82, 2.24) is 9.97 Å². The summed E-state index contributed by atoms with van der Waals surface area (Å²) in [5.74, 6) is -0.0990. The van der Waals surface area contributed by atoms with E-state index >= 15 is 0 Å². The molecule has 0 radical (unpaired) electrons. The summed E-state index contributed by atoms with van der Waals surface area (Å²) in [5, 5.41) is 2.52. The predicted octanol–water partition coefficient (Wildman–Crippen LogP) is 1.81. The van der Waals surface area contributed by atoms with E-state index in [-0.39, 0.29) is 5.91 Å². The maximum Gasteiger partial charge on any atom is 0.261 e. The molecular weight excluding hydrogens is 210 g/mol. The highest BCUT2D eigenvalue weighted by atomic mass is 32.1. The average molecular weight is 219 g/mol. The Kier molecular flexibility index (Phi) is 2.73. The van der Waals surface area contributed by atoms with Gasteiger partial charge in [0.2, 0.25) is 0 Å². The molecule has 15 heavy (non-hydrogen) atoms. The van der Waals surface area contributed by atoms with Gasteiger partial charge < -0.3 is 0 Å². The fraction of sp³-hybridized carbons (Fsp3) is 0.100. The first-order valence-corrected chi connectivity index (χ1v) is 5.24. The molecule has 2 aromatic heterocycles. The molecule has 0 spiro atoms. The fourth-order valence-electron chi connectivity index (χ4n) is 1.15. The molecule has 1 amide bonds. The first-order chi connectivity index (χ1) is 7.29. The lowest BCUT2D eigenvalue weighted by Gasteiger charge is -2.12. The second kappa shape index (κ2) is 4.18. The van der Waals surface area contributed by atoms with Gasteiger partial charge in [0.15, 0.2) is 5.13 Å². The Morgan fingerprint density at radius 1 is 1.47 bits per heavy atom. The predicted molar refractivity (Wildman–Crippen MR) is 59.1 cm³/mol. The Balaban J connectivity index is 2.23. The molecule has 0 saturated heterocycles. The number of amides is 1. The molecule has 0 fully saturated rings. The molecule has 0 aliphatic rings. The van der Waals surface area contributed by atoms with Crippen molar-refractivity contribution in [2.45, 2.75) is 0 Å². The highest BCUT2D eigenvalue weighted by Crippen LogP contribution is 2.17. The van der Waals surface area contributed by atoms with Gasteiger partial charge in [-0.1, -0.05) is 0 Å². The smallest absolute Gasteiger partial charge is 0.261 e. The second-order valence-corrected chi connectivity index (χ2v) is 3.79. The molecule has 2 aromatic rings. The van der Waals surface area contributed by atoms with E-state index in [0.29, 0.717) is 10.7 Å². The van der Waals surface area contributed by atoms with Crippen LogP contribution >= 0.6 is 11.3 Å². The lowest BCUT2D eigenvalue weighted by atomic mass is 10.2. The third kappa shape index (κ3) is 2.02. The van der Waals surface area contributed by atoms with Crippen LogP contribution in [0.4, 0.5) is 5.13 Å². The number of thiazole rings is 1. The van der Waals surface area contributed by atoms with Gasteiger partial charge in [-0.05, 0) is 12.1 Å². The minimum Gasteiger partial charge on any atom is -0.287 e. The van der Waals surface area contributed by atoms with Crippen molar-refractivity contribution in [3.8, 4) is 0 Å². The van der Waals surface area contributed by atoms with Crippen LogP contribution in [-0.2, 0) is 0 Å². The molecule has 0 aliphatic heterocycles. The molecule has 0 aliphatic carbocycles. The van der Waals surface area contributed by atoms with Gasteiger partial charge >= 0.3 is 0 Å². The number of hydrogen-bond acceptors (Lipinski definition) is 4. The van der Waals surface area contributed by atoms with Crippen molar-refractivity contribution in [2.75, 3.05) is 11.9 Å². The minimum atomic E-state index is -0.0990. The summed E-state index contributed by atoms with van der Waals surface area (Å²) in [4.78, 5) is 21.4. The number of nitrogens with zero attached hydrogens (tertiary/aromatic N) is 3. The van der Waals surface area contributed by atoms with Crippen molar-refractivity contribution in [3.05, 3.63) is 41.7 Å². The van der Waals surface area contributed by atoms with Crippen molar-refractivity contribution < 1.29 is 4.79 Å². The van der Waals surface area contributed by atoms with Crippen molar-refractivity contribution >= 4 is 22.4 Å². The van der Waals surface area contributed by atoms with Gasteiger partial charge in [-0.25, -0.2) is 4.98 Å². The number of rotatable bonds is 2. The summed E-state index contributed by atoms with van der Waals surface area (Å²) in [6, 6.07) is 3.47. The van der Waals surface area contributed by atoms with Crippen molar-refractivity contribution in [3.63, 3.8) is 0 Å². The zero-order valence-electron chi connectivity index (χ0n) is 8.12. The third-order valence-electron chi connectivity index (χ3n) is 1.92. The van der Waals surface area contributed by atoms with E-state index < -0.39 is 0 Å². The number of hydrogen-bond donors (Lipinski definition) is 0. The van der Waals surface area contributed by atoms with Crippen molar-refractivity contribution in [2.24, 2.45) is 0 Å². The summed E-state index contributed by atoms with van der Waals surface area (Å²) < 4.78 is 0. The third-order valence-corrected chi connectivity index (χ3v) is 2.77. The number of anilines is 1. The summed E-state index contributed by atoms with van der Waals surface area (Å²) in [7, 11) is 1.70. The number of carbonyl (C=O) groups excluding carboxylic acids is 1. The Morgan fingerprint density at radius 3 is 2.93 bits per heavy atom. The van der Waals surface area contributed by atoms with Gasteiger partial charge in [-0.15, -0.1) is 11.3 Å². The van der Waals surface area contributed by atoms with Crippen molar-refractivity contribution in [1.29, 1.82) is 0 Å². The molecule has 0 saturated carbocycles. The summed E-state index contributed by atoms with van der Waals surface area (Å²) in [6.07, 6.45) is 4.86. The van der Waals surface area contributed by atoms with E-state index in [9.17, 15) is 4.79 Å². The SMILES string of the molecule is CN(C(=O)c1cccnc1)c1nccs1. The molecule has 0 bridgehead atoms. The molecule has 0 N–H and O–H groups in total. The molecular formula is C10H9N3OS. The van der Waals surface area contributed by atoms with Gasteiger partial charge in [0.05, 0.1) is 5.56 Å². The van der Waals surface area contributed by atoms with Crippen LogP contribution in [0.3, 0.4) is 0 Å². The number of carbonyl (C=O) groups is 1. The van der Waals surface area contributed by atoms with Gasteiger partial charge in [0.1, 0.15) is 0 Å². The van der Waals surface area contributed by atoms with Crippen LogP contribution in [0.15, 0.2) is 36.1 Å². The summed E-state index contributed by atoms with van der Waals surface area (Å²) in [5.41, 5.74) is 0.565. The zero-order chi connectivity index (χ0) is 10.7. The first-order valence-electron chi connectivity index (χ1n) is 4.36. The van der Waals surface area contributed by atoms with Crippen LogP contribution in [0.25, 0.3) is 0 Å². The van der Waals surface area contributed by atoms with Crippen LogP contribution in [0.2, 0.25) is 0 Å². The average Bonchev–Trinajstić information content (AvgIpc) is 2.82. The zero-order valence-corrected chi connectivity index (χ0v) is 8.94. The molecule has 5 heteroatoms. The highest BCUT2D eigenvalue weighted by Gasteiger charge is 2.14. The van der Waals surface area contributed by atoms with E-state index in [4.69, 9.17) is 0 Å². The Morgan fingerprint density at radius 2 is 2.33 bits per heavy atom. The van der Waals surface area contributed by atoms with Gasteiger partial charge in [-0.2, -0.15) is 0 Å². The molecule has 0 unspecified atom stereocenters. The van der Waals surface area contributed by atoms with Crippen LogP contribution < -0.4 is 4.90 Å². The molecule has 2 rings (SSSR count). The summed E-state index contributed by atoms with van der Waals surface area (Å²) in [6.45, 7) is 0. The molecule has 2 heterocycles. The van der Waals surface area contributed by atoms with E-state index in [1.807, 2.05) is 5.38 Å². The molecule has 0 atom stereocenters. The molecule has 76 valence electrons. The van der Waals surface area contributed by atoms with Crippen LogP contribution in [-0.4, -0.2) is 22.9 Å². The molecule has 4 nitrogen and oxygen atoms in total. The standard InChI is InChI=1S/C10H9N3OS/c1-13(10-12-5-6-15-10)9(14)8-3-2-4-11-7-8/h2-7H,1H3. The largest absolute Gasteiger partial charge is 0.287 e. The van der Waals surface area contributed by atoms with Crippen LogP contribution in [0.1, 0.15) is 10.4 Å². The Hall–Kier alpha value is -1.75. The van der Waals surface area contributed by atoms with E-state index in [1.54, 1.807) is 37.8 Å². The fourth-order valence-corrected chi connectivity index (χ4v) is 1.76. The monoisotopic (exact) mass is 219 g/mol. The topological polar surface area (TPSA) is 46.1 Å². The van der Waals surface area contributed by atoms with E-state index in [2.05, 4.69) is 9.97 Å². The van der Waals surface area contributed by atoms with Crippen LogP contribution in [0, 0.1) is 0 Å². The van der Waals surface area contributed by atoms with Gasteiger partial charge in [-0.3, -0.25) is 14.7 Å². The normalized spacial score (nSPS) is 9.93. The maximum atomic E-state index is 11.9. The van der Waals surface area contributed by atoms with Gasteiger partial charge in [0, 0.05) is 31.0 Å². The van der Waals surface area contributed by atoms with Gasteiger partial charge in [0.25, 0.3) is 5.91 Å². The molecule has 0 aromatic carbocycles.